The maximum absolute atomic E-state index is 13.1. The van der Waals surface area contributed by atoms with Crippen molar-refractivity contribution in [2.45, 2.75) is 39.8 Å². The molecule has 176 valence electrons. The molecule has 3 aromatic rings. The van der Waals surface area contributed by atoms with Gasteiger partial charge in [0.1, 0.15) is 11.2 Å². The van der Waals surface area contributed by atoms with Gasteiger partial charge >= 0.3 is 5.69 Å². The van der Waals surface area contributed by atoms with Gasteiger partial charge in [-0.25, -0.2) is 4.79 Å². The van der Waals surface area contributed by atoms with E-state index in [1.165, 1.54) is 15.9 Å². The lowest BCUT2D eigenvalue weighted by Gasteiger charge is -2.20. The number of amides is 2. The molecule has 33 heavy (non-hydrogen) atoms. The molecule has 10 heteroatoms. The lowest BCUT2D eigenvalue weighted by atomic mass is 10.1. The number of nitrogens with one attached hydrogen (secondary N) is 1. The summed E-state index contributed by atoms with van der Waals surface area (Å²) in [6.45, 7) is 5.04. The van der Waals surface area contributed by atoms with Crippen LogP contribution in [0.25, 0.3) is 10.2 Å². The normalized spacial score (nSPS) is 11.0. The predicted molar refractivity (Wildman–Crippen MR) is 131 cm³/mol. The molecule has 2 amide bonds. The van der Waals surface area contributed by atoms with Gasteiger partial charge in [0, 0.05) is 37.6 Å². The fourth-order valence-electron chi connectivity index (χ4n) is 3.59. The van der Waals surface area contributed by atoms with Crippen molar-refractivity contribution in [1.29, 1.82) is 0 Å². The first kappa shape index (κ1) is 24.7. The maximum Gasteiger partial charge on any atom is 0.332 e. The van der Waals surface area contributed by atoms with Crippen LogP contribution >= 0.6 is 22.9 Å². The highest BCUT2D eigenvalue weighted by molar-refractivity contribution is 7.17. The number of halogens is 1. The Morgan fingerprint density at radius 1 is 1.06 bits per heavy atom. The van der Waals surface area contributed by atoms with E-state index in [4.69, 9.17) is 11.6 Å². The van der Waals surface area contributed by atoms with E-state index in [0.717, 1.165) is 10.1 Å². The van der Waals surface area contributed by atoms with Gasteiger partial charge in [-0.05, 0) is 49.4 Å². The molecule has 0 bridgehead atoms. The Labute approximate surface area is 200 Å². The summed E-state index contributed by atoms with van der Waals surface area (Å²) in [6.07, 6.45) is 0.626. The smallest absolute Gasteiger partial charge is 0.332 e. The fraction of sp³-hybridized carbons (Fsp3) is 0.391. The average molecular weight is 491 g/mol. The minimum Gasteiger partial charge on any atom is -0.356 e. The Bertz CT molecular complexity index is 1240. The van der Waals surface area contributed by atoms with Gasteiger partial charge in [0.25, 0.3) is 5.56 Å². The summed E-state index contributed by atoms with van der Waals surface area (Å²) in [4.78, 5) is 52.5. The maximum atomic E-state index is 13.1. The minimum atomic E-state index is -0.583. The molecule has 0 radical (unpaired) electrons. The number of aromatic nitrogens is 2. The van der Waals surface area contributed by atoms with Crippen LogP contribution in [0.3, 0.4) is 0 Å². The topological polar surface area (TPSA) is 93.4 Å². The Hall–Kier alpha value is -2.91. The van der Waals surface area contributed by atoms with E-state index in [1.807, 2.05) is 26.0 Å². The van der Waals surface area contributed by atoms with Gasteiger partial charge in [0.2, 0.25) is 11.8 Å². The zero-order valence-corrected chi connectivity index (χ0v) is 20.2. The van der Waals surface area contributed by atoms with Gasteiger partial charge in [-0.3, -0.25) is 23.5 Å². The second-order valence-corrected chi connectivity index (χ2v) is 8.86. The summed E-state index contributed by atoms with van der Waals surface area (Å²) in [5, 5.41) is 5.18. The Kier molecular flexibility index (Phi) is 8.46. The van der Waals surface area contributed by atoms with Gasteiger partial charge in [0.05, 0.1) is 5.52 Å². The highest BCUT2D eigenvalue weighted by Crippen LogP contribution is 2.15. The summed E-state index contributed by atoms with van der Waals surface area (Å²) in [5.41, 5.74) is 0.463. The van der Waals surface area contributed by atoms with Crippen LogP contribution < -0.4 is 16.6 Å². The minimum absolute atomic E-state index is 0.0172. The van der Waals surface area contributed by atoms with Crippen molar-refractivity contribution in [3.05, 3.63) is 67.1 Å². The number of thiophene rings is 1. The molecule has 2 aromatic heterocycles. The first-order valence-corrected chi connectivity index (χ1v) is 12.1. The lowest BCUT2D eigenvalue weighted by molar-refractivity contribution is -0.131. The number of hydrogen-bond acceptors (Lipinski definition) is 5. The van der Waals surface area contributed by atoms with Gasteiger partial charge in [-0.1, -0.05) is 23.7 Å². The van der Waals surface area contributed by atoms with E-state index >= 15 is 0 Å². The highest BCUT2D eigenvalue weighted by atomic mass is 35.5. The zero-order valence-electron chi connectivity index (χ0n) is 18.7. The molecule has 0 fully saturated rings. The zero-order chi connectivity index (χ0) is 24.0. The standard InChI is InChI=1S/C23H27ClN4O4S/c1-3-26(4-2)20(30)15-28-18-11-14-33-21(18)22(31)27(23(28)32)13-10-19(29)25-12-9-16-5-7-17(24)8-6-16/h5-8,11,14H,3-4,9-10,12-13,15H2,1-2H3,(H,25,29). The van der Waals surface area contributed by atoms with Crippen molar-refractivity contribution in [1.82, 2.24) is 19.4 Å². The molecule has 0 atom stereocenters. The van der Waals surface area contributed by atoms with Crippen molar-refractivity contribution in [2.24, 2.45) is 0 Å². The van der Waals surface area contributed by atoms with E-state index in [-0.39, 0.29) is 31.3 Å². The number of fused-ring (bicyclic) bond motifs is 1. The van der Waals surface area contributed by atoms with E-state index in [0.29, 0.717) is 41.3 Å². The molecular weight excluding hydrogens is 464 g/mol. The second kappa shape index (κ2) is 11.3. The predicted octanol–water partition coefficient (Wildman–Crippen LogP) is 2.50. The Morgan fingerprint density at radius 3 is 2.42 bits per heavy atom. The van der Waals surface area contributed by atoms with Gasteiger partial charge in [0.15, 0.2) is 0 Å². The molecular formula is C23H27ClN4O4S. The van der Waals surface area contributed by atoms with Crippen LogP contribution in [-0.4, -0.2) is 45.5 Å². The third-order valence-electron chi connectivity index (χ3n) is 5.46. The summed E-state index contributed by atoms with van der Waals surface area (Å²) in [5.74, 6) is -0.452. The van der Waals surface area contributed by atoms with Crippen molar-refractivity contribution in [3.8, 4) is 0 Å². The third kappa shape index (κ3) is 5.91. The van der Waals surface area contributed by atoms with Gasteiger partial charge < -0.3 is 10.2 Å². The van der Waals surface area contributed by atoms with E-state index in [9.17, 15) is 19.2 Å². The molecule has 3 rings (SSSR count). The number of carbonyl (C=O) groups excluding carboxylic acids is 2. The quantitative estimate of drug-likeness (QED) is 0.472. The molecule has 8 nitrogen and oxygen atoms in total. The summed E-state index contributed by atoms with van der Waals surface area (Å²) < 4.78 is 2.77. The molecule has 2 heterocycles. The van der Waals surface area contributed by atoms with E-state index in [1.54, 1.807) is 28.5 Å². The number of hydrogen-bond donors (Lipinski definition) is 1. The van der Waals surface area contributed by atoms with Crippen LogP contribution in [0.2, 0.25) is 5.02 Å². The summed E-state index contributed by atoms with van der Waals surface area (Å²) in [7, 11) is 0. The number of carbonyl (C=O) groups is 2. The fourth-order valence-corrected chi connectivity index (χ4v) is 4.56. The molecule has 0 spiro atoms. The summed E-state index contributed by atoms with van der Waals surface area (Å²) in [6, 6.07) is 9.05. The number of rotatable bonds is 10. The molecule has 0 saturated carbocycles. The molecule has 1 N–H and O–H groups in total. The highest BCUT2D eigenvalue weighted by Gasteiger charge is 2.19. The van der Waals surface area contributed by atoms with E-state index in [2.05, 4.69) is 5.32 Å². The van der Waals surface area contributed by atoms with Crippen LogP contribution in [0.1, 0.15) is 25.8 Å². The van der Waals surface area contributed by atoms with Crippen LogP contribution in [-0.2, 0) is 29.1 Å². The SMILES string of the molecule is CCN(CC)C(=O)Cn1c(=O)n(CCC(=O)NCCc2ccc(Cl)cc2)c(=O)c2sccc21. The molecule has 0 aliphatic carbocycles. The Morgan fingerprint density at radius 2 is 1.76 bits per heavy atom. The van der Waals surface area contributed by atoms with E-state index < -0.39 is 11.2 Å². The number of nitrogens with zero attached hydrogens (tertiary/aromatic N) is 3. The van der Waals surface area contributed by atoms with Crippen LogP contribution in [0.5, 0.6) is 0 Å². The molecule has 0 aliphatic rings. The molecule has 0 saturated heterocycles. The Balaban J connectivity index is 1.71. The van der Waals surface area contributed by atoms with Crippen LogP contribution in [0.15, 0.2) is 45.3 Å². The van der Waals surface area contributed by atoms with Crippen molar-refractivity contribution in [2.75, 3.05) is 19.6 Å². The third-order valence-corrected chi connectivity index (χ3v) is 6.60. The second-order valence-electron chi connectivity index (χ2n) is 7.50. The number of likely N-dealkylation sites (N-methyl/N-ethyl adjacent to an activating group) is 1. The van der Waals surface area contributed by atoms with Gasteiger partial charge in [-0.15, -0.1) is 11.3 Å². The largest absolute Gasteiger partial charge is 0.356 e. The first-order valence-electron chi connectivity index (χ1n) is 10.9. The first-order chi connectivity index (χ1) is 15.8. The van der Waals surface area contributed by atoms with Crippen molar-refractivity contribution < 1.29 is 9.59 Å². The summed E-state index contributed by atoms with van der Waals surface area (Å²) >= 11 is 7.09. The molecule has 0 unspecified atom stereocenters. The monoisotopic (exact) mass is 490 g/mol. The van der Waals surface area contributed by atoms with Crippen molar-refractivity contribution in [3.63, 3.8) is 0 Å². The number of benzene rings is 1. The van der Waals surface area contributed by atoms with Crippen molar-refractivity contribution >= 4 is 45.0 Å². The van der Waals surface area contributed by atoms with Crippen LogP contribution in [0.4, 0.5) is 0 Å². The van der Waals surface area contributed by atoms with Crippen LogP contribution in [0, 0.1) is 0 Å². The lowest BCUT2D eigenvalue weighted by Crippen LogP contribution is -2.43. The molecule has 0 aliphatic heterocycles. The molecule has 1 aromatic carbocycles. The average Bonchev–Trinajstić information content (AvgIpc) is 3.29. The van der Waals surface area contributed by atoms with Gasteiger partial charge in [-0.2, -0.15) is 0 Å².